The fourth-order valence-corrected chi connectivity index (χ4v) is 2.58. The topological polar surface area (TPSA) is 35.6 Å². The van der Waals surface area contributed by atoms with Gasteiger partial charge in [0.05, 0.1) is 5.56 Å². The molecule has 1 unspecified atom stereocenters. The Morgan fingerprint density at radius 1 is 1.19 bits per heavy atom. The van der Waals surface area contributed by atoms with E-state index in [4.69, 9.17) is 0 Å². The average Bonchev–Trinajstić information content (AvgIpc) is 2.56. The zero-order chi connectivity index (χ0) is 18.3. The molecule has 152 valence electrons. The summed E-state index contributed by atoms with van der Waals surface area (Å²) in [5, 5.41) is 2.96. The van der Waals surface area contributed by atoms with Crippen LogP contribution in [0.25, 0.3) is 0 Å². The molecule has 0 fully saturated rings. The van der Waals surface area contributed by atoms with Crippen LogP contribution in [0.1, 0.15) is 31.0 Å². The SMILES string of the molecule is CCN(CC)C(C(=O)N(C)CCNC)c1cccc(C(F)(F)F)c1.Cl.Cl. The quantitative estimate of drug-likeness (QED) is 0.701. The predicted octanol–water partition coefficient (Wildman–Crippen LogP) is 3.61. The van der Waals surface area contributed by atoms with Crippen LogP contribution < -0.4 is 5.32 Å². The summed E-state index contributed by atoms with van der Waals surface area (Å²) in [5.74, 6) is -0.201. The average molecular weight is 418 g/mol. The smallest absolute Gasteiger partial charge is 0.343 e. The van der Waals surface area contributed by atoms with E-state index in [0.29, 0.717) is 31.7 Å². The van der Waals surface area contributed by atoms with E-state index in [1.807, 2.05) is 18.7 Å². The molecule has 1 aromatic carbocycles. The number of nitrogens with one attached hydrogen (secondary N) is 1. The van der Waals surface area contributed by atoms with Crippen molar-refractivity contribution in [3.8, 4) is 0 Å². The fraction of sp³-hybridized carbons (Fsp3) is 0.588. The van der Waals surface area contributed by atoms with Gasteiger partial charge in [0, 0.05) is 20.1 Å². The van der Waals surface area contributed by atoms with Crippen molar-refractivity contribution in [2.24, 2.45) is 0 Å². The molecule has 4 nitrogen and oxygen atoms in total. The minimum absolute atomic E-state index is 0. The summed E-state index contributed by atoms with van der Waals surface area (Å²) in [6.07, 6.45) is -4.43. The third-order valence-electron chi connectivity index (χ3n) is 4.01. The first-order valence-electron chi connectivity index (χ1n) is 8.07. The lowest BCUT2D eigenvalue weighted by atomic mass is 10.0. The number of nitrogens with zero attached hydrogens (tertiary/aromatic N) is 2. The molecule has 0 saturated heterocycles. The molecule has 0 aliphatic rings. The summed E-state index contributed by atoms with van der Waals surface area (Å²) < 4.78 is 39.0. The zero-order valence-electron chi connectivity index (χ0n) is 15.5. The van der Waals surface area contributed by atoms with Crippen molar-refractivity contribution in [1.29, 1.82) is 0 Å². The molecule has 0 aliphatic carbocycles. The Morgan fingerprint density at radius 2 is 1.77 bits per heavy atom. The summed E-state index contributed by atoms with van der Waals surface area (Å²) >= 11 is 0. The Kier molecular flexibility index (Phi) is 13.0. The summed E-state index contributed by atoms with van der Waals surface area (Å²) in [7, 11) is 3.46. The lowest BCUT2D eigenvalue weighted by Crippen LogP contribution is -2.43. The molecule has 0 radical (unpaired) electrons. The van der Waals surface area contributed by atoms with Gasteiger partial charge in [-0.15, -0.1) is 24.8 Å². The van der Waals surface area contributed by atoms with E-state index in [1.165, 1.54) is 6.07 Å². The van der Waals surface area contributed by atoms with Gasteiger partial charge in [0.1, 0.15) is 6.04 Å². The second-order valence-electron chi connectivity index (χ2n) is 5.61. The third kappa shape index (κ3) is 7.31. The number of hydrogen-bond acceptors (Lipinski definition) is 3. The van der Waals surface area contributed by atoms with E-state index < -0.39 is 17.8 Å². The van der Waals surface area contributed by atoms with E-state index in [1.54, 1.807) is 25.1 Å². The van der Waals surface area contributed by atoms with Crippen molar-refractivity contribution in [2.75, 3.05) is 40.3 Å². The van der Waals surface area contributed by atoms with Crippen LogP contribution in [0.15, 0.2) is 24.3 Å². The van der Waals surface area contributed by atoms with Gasteiger partial charge in [-0.25, -0.2) is 0 Å². The molecule has 1 aromatic rings. The van der Waals surface area contributed by atoms with E-state index >= 15 is 0 Å². The third-order valence-corrected chi connectivity index (χ3v) is 4.01. The van der Waals surface area contributed by atoms with Crippen molar-refractivity contribution < 1.29 is 18.0 Å². The Bertz CT molecular complexity index is 540. The number of alkyl halides is 3. The highest BCUT2D eigenvalue weighted by Gasteiger charge is 2.33. The van der Waals surface area contributed by atoms with E-state index in [2.05, 4.69) is 5.32 Å². The van der Waals surface area contributed by atoms with Crippen molar-refractivity contribution >= 4 is 30.7 Å². The van der Waals surface area contributed by atoms with Gasteiger partial charge < -0.3 is 10.2 Å². The van der Waals surface area contributed by atoms with Gasteiger partial charge in [0.25, 0.3) is 0 Å². The van der Waals surface area contributed by atoms with Gasteiger partial charge in [-0.05, 0) is 37.8 Å². The van der Waals surface area contributed by atoms with Gasteiger partial charge in [0.2, 0.25) is 5.91 Å². The van der Waals surface area contributed by atoms with Crippen molar-refractivity contribution in [3.05, 3.63) is 35.4 Å². The van der Waals surface area contributed by atoms with Crippen LogP contribution in [0.3, 0.4) is 0 Å². The number of hydrogen-bond donors (Lipinski definition) is 1. The lowest BCUT2D eigenvalue weighted by molar-refractivity contribution is -0.139. The minimum atomic E-state index is -4.43. The van der Waals surface area contributed by atoms with Crippen molar-refractivity contribution in [1.82, 2.24) is 15.1 Å². The molecule has 0 bridgehead atoms. The molecular weight excluding hydrogens is 390 g/mol. The van der Waals surface area contributed by atoms with Gasteiger partial charge in [-0.2, -0.15) is 13.2 Å². The monoisotopic (exact) mass is 417 g/mol. The maximum atomic E-state index is 13.0. The van der Waals surface area contributed by atoms with Crippen LogP contribution in [0.4, 0.5) is 13.2 Å². The van der Waals surface area contributed by atoms with Crippen molar-refractivity contribution in [2.45, 2.75) is 26.1 Å². The van der Waals surface area contributed by atoms with Gasteiger partial charge in [-0.1, -0.05) is 26.0 Å². The molecule has 1 N–H and O–H groups in total. The molecule has 9 heteroatoms. The highest BCUT2D eigenvalue weighted by Crippen LogP contribution is 2.32. The van der Waals surface area contributed by atoms with Crippen LogP contribution in [0, 0.1) is 0 Å². The van der Waals surface area contributed by atoms with Gasteiger partial charge >= 0.3 is 6.18 Å². The maximum Gasteiger partial charge on any atom is 0.416 e. The minimum Gasteiger partial charge on any atom is -0.343 e. The Morgan fingerprint density at radius 3 is 2.23 bits per heavy atom. The standard InChI is InChI=1S/C17H26F3N3O.2ClH/c1-5-23(6-2)15(16(24)22(4)11-10-21-3)13-8-7-9-14(12-13)17(18,19)20;;/h7-9,12,15,21H,5-6,10-11H2,1-4H3;2*1H. The van der Waals surface area contributed by atoms with Crippen LogP contribution in [-0.4, -0.2) is 56.0 Å². The molecule has 0 aliphatic heterocycles. The molecular formula is C17H28Cl2F3N3O. The number of rotatable bonds is 8. The Labute approximate surface area is 165 Å². The molecule has 0 spiro atoms. The van der Waals surface area contributed by atoms with Crippen LogP contribution >= 0.6 is 24.8 Å². The normalized spacial score (nSPS) is 12.2. The van der Waals surface area contributed by atoms with E-state index in [0.717, 1.165) is 12.1 Å². The first-order chi connectivity index (χ1) is 11.3. The Balaban J connectivity index is 0. The second kappa shape index (κ2) is 12.4. The first-order valence-corrected chi connectivity index (χ1v) is 8.07. The molecule has 26 heavy (non-hydrogen) atoms. The zero-order valence-corrected chi connectivity index (χ0v) is 17.1. The highest BCUT2D eigenvalue weighted by atomic mass is 35.5. The summed E-state index contributed by atoms with van der Waals surface area (Å²) in [6, 6.07) is 4.33. The lowest BCUT2D eigenvalue weighted by Gasteiger charge is -2.32. The molecule has 1 rings (SSSR count). The van der Waals surface area contributed by atoms with Crippen LogP contribution in [0.2, 0.25) is 0 Å². The number of amides is 1. The van der Waals surface area contributed by atoms with Crippen LogP contribution in [0.5, 0.6) is 0 Å². The van der Waals surface area contributed by atoms with Crippen LogP contribution in [-0.2, 0) is 11.0 Å². The number of likely N-dealkylation sites (N-methyl/N-ethyl adjacent to an activating group) is 3. The predicted molar refractivity (Wildman–Crippen MR) is 103 cm³/mol. The molecule has 0 heterocycles. The highest BCUT2D eigenvalue weighted by molar-refractivity contribution is 5.85. The maximum absolute atomic E-state index is 13.0. The number of halogens is 5. The van der Waals surface area contributed by atoms with E-state index in [-0.39, 0.29) is 30.7 Å². The van der Waals surface area contributed by atoms with E-state index in [9.17, 15) is 18.0 Å². The largest absolute Gasteiger partial charge is 0.416 e. The fourth-order valence-electron chi connectivity index (χ4n) is 2.58. The molecule has 1 atom stereocenters. The van der Waals surface area contributed by atoms with Crippen molar-refractivity contribution in [3.63, 3.8) is 0 Å². The second-order valence-corrected chi connectivity index (χ2v) is 5.61. The number of benzene rings is 1. The van der Waals surface area contributed by atoms with Gasteiger partial charge in [-0.3, -0.25) is 9.69 Å². The number of carbonyl (C=O) groups excluding carboxylic acids is 1. The molecule has 1 amide bonds. The summed E-state index contributed by atoms with van der Waals surface area (Å²) in [5.41, 5.74) is -0.363. The van der Waals surface area contributed by atoms with Gasteiger partial charge in [0.15, 0.2) is 0 Å². The summed E-state index contributed by atoms with van der Waals surface area (Å²) in [6.45, 7) is 6.05. The molecule has 0 saturated carbocycles. The first kappa shape index (κ1) is 27.2. The number of carbonyl (C=O) groups is 1. The molecule has 0 aromatic heterocycles. The Hall–Kier alpha value is -1.02. The summed E-state index contributed by atoms with van der Waals surface area (Å²) in [4.78, 5) is 16.3.